The van der Waals surface area contributed by atoms with Gasteiger partial charge in [-0.25, -0.2) is 19.9 Å². The molecule has 0 radical (unpaired) electrons. The average molecular weight is 437 g/mol. The van der Waals surface area contributed by atoms with Crippen molar-refractivity contribution in [2.24, 2.45) is 0 Å². The van der Waals surface area contributed by atoms with E-state index in [1.807, 2.05) is 54.4 Å². The molecular weight excluding hydrogens is 412 g/mol. The zero-order valence-corrected chi connectivity index (χ0v) is 18.5. The van der Waals surface area contributed by atoms with Crippen LogP contribution in [-0.4, -0.2) is 57.9 Å². The number of rotatable bonds is 6. The lowest BCUT2D eigenvalue weighted by molar-refractivity contribution is -0.130. The highest BCUT2D eigenvalue weighted by Gasteiger charge is 2.30. The van der Waals surface area contributed by atoms with E-state index < -0.39 is 0 Å². The molecule has 0 spiro atoms. The minimum Gasteiger partial charge on any atom is -0.347 e. The Labute approximate surface area is 187 Å². The first kappa shape index (κ1) is 21.2. The SMILES string of the molecule is CN(C)c1ncc(-c2cncnc2)c([C@H]2CCN(C(=O)CCc3ccc(Cl)cc3)C2)n1. The van der Waals surface area contributed by atoms with E-state index >= 15 is 0 Å². The third kappa shape index (κ3) is 4.99. The Morgan fingerprint density at radius 2 is 1.90 bits per heavy atom. The van der Waals surface area contributed by atoms with Crippen LogP contribution in [0.1, 0.15) is 30.0 Å². The number of aromatic nitrogens is 4. The number of aryl methyl sites for hydroxylation is 1. The van der Waals surface area contributed by atoms with Gasteiger partial charge >= 0.3 is 0 Å². The van der Waals surface area contributed by atoms with Gasteiger partial charge in [0.05, 0.1) is 5.69 Å². The molecule has 1 fully saturated rings. The van der Waals surface area contributed by atoms with Crippen LogP contribution in [0.2, 0.25) is 5.02 Å². The monoisotopic (exact) mass is 436 g/mol. The smallest absolute Gasteiger partial charge is 0.225 e. The van der Waals surface area contributed by atoms with Gasteiger partial charge in [0.25, 0.3) is 0 Å². The summed E-state index contributed by atoms with van der Waals surface area (Å²) in [5.41, 5.74) is 3.87. The molecule has 0 N–H and O–H groups in total. The van der Waals surface area contributed by atoms with Crippen LogP contribution in [-0.2, 0) is 11.2 Å². The molecule has 1 saturated heterocycles. The fourth-order valence-corrected chi connectivity index (χ4v) is 3.97. The van der Waals surface area contributed by atoms with Crippen LogP contribution in [0.25, 0.3) is 11.1 Å². The first-order chi connectivity index (χ1) is 15.0. The maximum absolute atomic E-state index is 12.8. The Morgan fingerprint density at radius 3 is 2.61 bits per heavy atom. The van der Waals surface area contributed by atoms with Crippen LogP contribution < -0.4 is 4.90 Å². The molecule has 1 atom stereocenters. The maximum atomic E-state index is 12.8. The molecule has 0 bridgehead atoms. The van der Waals surface area contributed by atoms with Gasteiger partial charge < -0.3 is 9.80 Å². The molecule has 0 aliphatic carbocycles. The summed E-state index contributed by atoms with van der Waals surface area (Å²) in [4.78, 5) is 34.3. The number of hydrogen-bond acceptors (Lipinski definition) is 6. The van der Waals surface area contributed by atoms with Crippen molar-refractivity contribution in [2.75, 3.05) is 32.1 Å². The van der Waals surface area contributed by atoms with Crippen LogP contribution in [0, 0.1) is 0 Å². The molecule has 3 heterocycles. The van der Waals surface area contributed by atoms with E-state index in [4.69, 9.17) is 16.6 Å². The number of anilines is 1. The van der Waals surface area contributed by atoms with Gasteiger partial charge in [0, 0.05) is 74.3 Å². The summed E-state index contributed by atoms with van der Waals surface area (Å²) < 4.78 is 0. The molecule has 3 aromatic rings. The maximum Gasteiger partial charge on any atom is 0.225 e. The van der Waals surface area contributed by atoms with Crippen LogP contribution in [0.5, 0.6) is 0 Å². The normalized spacial score (nSPS) is 15.8. The van der Waals surface area contributed by atoms with Crippen molar-refractivity contribution in [1.29, 1.82) is 0 Å². The van der Waals surface area contributed by atoms with Gasteiger partial charge in [-0.3, -0.25) is 4.79 Å². The largest absolute Gasteiger partial charge is 0.347 e. The molecule has 8 heteroatoms. The number of amides is 1. The molecule has 1 aliphatic rings. The van der Waals surface area contributed by atoms with Crippen molar-refractivity contribution in [1.82, 2.24) is 24.8 Å². The van der Waals surface area contributed by atoms with Crippen LogP contribution in [0.15, 0.2) is 49.2 Å². The molecule has 31 heavy (non-hydrogen) atoms. The minimum atomic E-state index is 0.149. The van der Waals surface area contributed by atoms with Gasteiger partial charge in [-0.05, 0) is 30.5 Å². The van der Waals surface area contributed by atoms with E-state index in [-0.39, 0.29) is 11.8 Å². The van der Waals surface area contributed by atoms with Gasteiger partial charge in [0.2, 0.25) is 11.9 Å². The quantitative estimate of drug-likeness (QED) is 0.587. The number of carbonyl (C=O) groups is 1. The second kappa shape index (κ2) is 9.39. The summed E-state index contributed by atoms with van der Waals surface area (Å²) in [6.45, 7) is 1.39. The standard InChI is InChI=1S/C23H25ClN6O/c1-29(2)23-27-13-20(18-11-25-15-26-12-18)22(28-23)17-9-10-30(14-17)21(31)8-5-16-3-6-19(24)7-4-16/h3-4,6-7,11-13,15,17H,5,8-10,14H2,1-2H3/t17-/m0/s1. The lowest BCUT2D eigenvalue weighted by Gasteiger charge is -2.19. The number of hydrogen-bond donors (Lipinski definition) is 0. The van der Waals surface area contributed by atoms with Crippen molar-refractivity contribution in [3.8, 4) is 11.1 Å². The summed E-state index contributed by atoms with van der Waals surface area (Å²) in [7, 11) is 3.84. The molecular formula is C23H25ClN6O. The molecule has 1 amide bonds. The van der Waals surface area contributed by atoms with E-state index in [1.165, 1.54) is 6.33 Å². The van der Waals surface area contributed by atoms with Crippen molar-refractivity contribution in [3.63, 3.8) is 0 Å². The van der Waals surface area contributed by atoms with Crippen molar-refractivity contribution < 1.29 is 4.79 Å². The van der Waals surface area contributed by atoms with Gasteiger partial charge in [-0.1, -0.05) is 23.7 Å². The molecule has 0 saturated carbocycles. The van der Waals surface area contributed by atoms with Crippen LogP contribution in [0.3, 0.4) is 0 Å². The van der Waals surface area contributed by atoms with Gasteiger partial charge in [0.1, 0.15) is 6.33 Å². The average Bonchev–Trinajstić information content (AvgIpc) is 3.29. The van der Waals surface area contributed by atoms with Crippen LogP contribution >= 0.6 is 11.6 Å². The number of halogens is 1. The molecule has 1 aliphatic heterocycles. The third-order valence-corrected chi connectivity index (χ3v) is 5.80. The Bertz CT molecular complexity index is 1040. The fourth-order valence-electron chi connectivity index (χ4n) is 3.84. The predicted octanol–water partition coefficient (Wildman–Crippen LogP) is 3.60. The van der Waals surface area contributed by atoms with Crippen molar-refractivity contribution >= 4 is 23.5 Å². The predicted molar refractivity (Wildman–Crippen MR) is 121 cm³/mol. The number of benzene rings is 1. The molecule has 7 nitrogen and oxygen atoms in total. The van der Waals surface area contributed by atoms with E-state index in [1.54, 1.807) is 12.4 Å². The van der Waals surface area contributed by atoms with E-state index in [9.17, 15) is 4.79 Å². The summed E-state index contributed by atoms with van der Waals surface area (Å²) >= 11 is 5.94. The van der Waals surface area contributed by atoms with E-state index in [2.05, 4.69) is 15.0 Å². The number of likely N-dealkylation sites (tertiary alicyclic amines) is 1. The Morgan fingerprint density at radius 1 is 1.16 bits per heavy atom. The number of nitrogens with zero attached hydrogens (tertiary/aromatic N) is 6. The topological polar surface area (TPSA) is 75.1 Å². The highest BCUT2D eigenvalue weighted by Crippen LogP contribution is 2.34. The first-order valence-corrected chi connectivity index (χ1v) is 10.7. The lowest BCUT2D eigenvalue weighted by Crippen LogP contribution is -2.28. The summed E-state index contributed by atoms with van der Waals surface area (Å²) in [5, 5.41) is 0.707. The summed E-state index contributed by atoms with van der Waals surface area (Å²) in [5.74, 6) is 0.975. The van der Waals surface area contributed by atoms with Crippen molar-refractivity contribution in [3.05, 3.63) is 65.5 Å². The molecule has 0 unspecified atom stereocenters. The molecule has 160 valence electrons. The van der Waals surface area contributed by atoms with Gasteiger partial charge in [0.15, 0.2) is 0 Å². The van der Waals surface area contributed by atoms with E-state index in [0.29, 0.717) is 30.4 Å². The third-order valence-electron chi connectivity index (χ3n) is 5.55. The summed E-state index contributed by atoms with van der Waals surface area (Å²) in [6.07, 6.45) is 8.96. The highest BCUT2D eigenvalue weighted by molar-refractivity contribution is 6.30. The van der Waals surface area contributed by atoms with Crippen molar-refractivity contribution in [2.45, 2.75) is 25.2 Å². The minimum absolute atomic E-state index is 0.149. The highest BCUT2D eigenvalue weighted by atomic mass is 35.5. The van der Waals surface area contributed by atoms with Crippen LogP contribution in [0.4, 0.5) is 5.95 Å². The Kier molecular flexibility index (Phi) is 6.42. The second-order valence-corrected chi connectivity index (χ2v) is 8.38. The fraction of sp³-hybridized carbons (Fsp3) is 0.348. The molecule has 4 rings (SSSR count). The zero-order valence-electron chi connectivity index (χ0n) is 17.7. The zero-order chi connectivity index (χ0) is 21.8. The Hall–Kier alpha value is -3.06. The van der Waals surface area contributed by atoms with E-state index in [0.717, 1.165) is 35.3 Å². The summed E-state index contributed by atoms with van der Waals surface area (Å²) in [6, 6.07) is 7.67. The number of carbonyl (C=O) groups excluding carboxylic acids is 1. The van der Waals surface area contributed by atoms with Gasteiger partial charge in [-0.2, -0.15) is 0 Å². The Balaban J connectivity index is 1.49. The second-order valence-electron chi connectivity index (χ2n) is 7.94. The first-order valence-electron chi connectivity index (χ1n) is 10.3. The molecule has 2 aromatic heterocycles. The molecule has 1 aromatic carbocycles. The van der Waals surface area contributed by atoms with Gasteiger partial charge in [-0.15, -0.1) is 0 Å². The lowest BCUT2D eigenvalue weighted by atomic mass is 9.97.